The number of amides is 2. The van der Waals surface area contributed by atoms with E-state index in [2.05, 4.69) is 10.6 Å². The molecule has 2 amide bonds. The zero-order valence-corrected chi connectivity index (χ0v) is 17.5. The van der Waals surface area contributed by atoms with Gasteiger partial charge < -0.3 is 15.1 Å². The highest BCUT2D eigenvalue weighted by atomic mass is 32.2. The number of carbonyl (C=O) groups excluding carboxylic acids is 2. The molecule has 0 bridgehead atoms. The maximum Gasteiger partial charge on any atom is 0.255 e. The summed E-state index contributed by atoms with van der Waals surface area (Å²) in [7, 11) is -3.62. The van der Waals surface area contributed by atoms with Gasteiger partial charge in [0.25, 0.3) is 5.91 Å². The Morgan fingerprint density at radius 3 is 2.24 bits per heavy atom. The maximum absolute atomic E-state index is 12.9. The van der Waals surface area contributed by atoms with Crippen molar-refractivity contribution in [3.63, 3.8) is 0 Å². The van der Waals surface area contributed by atoms with Gasteiger partial charge in [-0.1, -0.05) is 0 Å². The van der Waals surface area contributed by atoms with Gasteiger partial charge in [-0.3, -0.25) is 9.59 Å². The van der Waals surface area contributed by atoms with Crippen LogP contribution in [-0.2, 0) is 14.8 Å². The molecule has 1 fully saturated rings. The summed E-state index contributed by atoms with van der Waals surface area (Å²) in [6.45, 7) is 5.57. The minimum absolute atomic E-state index is 0.0919. The molecule has 0 atom stereocenters. The Morgan fingerprint density at radius 2 is 1.72 bits per heavy atom. The third-order valence-electron chi connectivity index (χ3n) is 4.89. The lowest BCUT2D eigenvalue weighted by Crippen LogP contribution is -2.46. The third-order valence-corrected chi connectivity index (χ3v) is 6.80. The molecular formula is C20H25N3O5S. The van der Waals surface area contributed by atoms with Crippen LogP contribution in [0.2, 0.25) is 0 Å². The van der Waals surface area contributed by atoms with E-state index in [0.29, 0.717) is 48.7 Å². The molecular weight excluding hydrogens is 394 g/mol. The van der Waals surface area contributed by atoms with Crippen molar-refractivity contribution < 1.29 is 22.4 Å². The van der Waals surface area contributed by atoms with E-state index in [1.807, 2.05) is 0 Å². The minimum Gasteiger partial charge on any atom is -0.466 e. The number of carbonyl (C=O) groups is 2. The SMILES string of the molecule is CC(=O)Nc1ccc(S(=O)(=O)N2CCC(NC(=O)c3cc(C)oc3C)CC2)cc1. The first-order chi connectivity index (χ1) is 13.7. The van der Waals surface area contributed by atoms with Crippen LogP contribution in [-0.4, -0.2) is 43.7 Å². The minimum atomic E-state index is -3.62. The molecule has 156 valence electrons. The first-order valence-electron chi connectivity index (χ1n) is 9.42. The monoisotopic (exact) mass is 419 g/mol. The first kappa shape index (κ1) is 21.1. The van der Waals surface area contributed by atoms with Gasteiger partial charge in [-0.25, -0.2) is 8.42 Å². The van der Waals surface area contributed by atoms with Crippen LogP contribution in [0.3, 0.4) is 0 Å². The number of anilines is 1. The van der Waals surface area contributed by atoms with Crippen molar-refractivity contribution in [3.8, 4) is 0 Å². The van der Waals surface area contributed by atoms with Crippen LogP contribution in [0.1, 0.15) is 41.6 Å². The predicted octanol–water partition coefficient (Wildman–Crippen LogP) is 2.44. The summed E-state index contributed by atoms with van der Waals surface area (Å²) in [6, 6.07) is 7.71. The Hall–Kier alpha value is -2.65. The molecule has 2 heterocycles. The molecule has 0 saturated carbocycles. The lowest BCUT2D eigenvalue weighted by molar-refractivity contribution is -0.114. The van der Waals surface area contributed by atoms with E-state index in [0.717, 1.165) is 0 Å². The topological polar surface area (TPSA) is 109 Å². The fourth-order valence-electron chi connectivity index (χ4n) is 3.42. The van der Waals surface area contributed by atoms with E-state index < -0.39 is 10.0 Å². The highest BCUT2D eigenvalue weighted by molar-refractivity contribution is 7.89. The predicted molar refractivity (Wildman–Crippen MR) is 108 cm³/mol. The van der Waals surface area contributed by atoms with Crippen molar-refractivity contribution in [1.82, 2.24) is 9.62 Å². The average Bonchev–Trinajstić information content (AvgIpc) is 3.00. The number of hydrogen-bond acceptors (Lipinski definition) is 5. The van der Waals surface area contributed by atoms with E-state index in [1.165, 1.54) is 23.4 Å². The normalized spacial score (nSPS) is 15.8. The van der Waals surface area contributed by atoms with Gasteiger partial charge in [0.05, 0.1) is 10.5 Å². The summed E-state index contributed by atoms with van der Waals surface area (Å²) >= 11 is 0. The van der Waals surface area contributed by atoms with Crippen molar-refractivity contribution in [1.29, 1.82) is 0 Å². The van der Waals surface area contributed by atoms with Crippen LogP contribution < -0.4 is 10.6 Å². The zero-order valence-electron chi connectivity index (χ0n) is 16.7. The molecule has 1 aromatic heterocycles. The molecule has 2 aromatic rings. The van der Waals surface area contributed by atoms with Gasteiger partial charge in [0, 0.05) is 31.7 Å². The van der Waals surface area contributed by atoms with Crippen molar-refractivity contribution in [2.24, 2.45) is 0 Å². The molecule has 9 heteroatoms. The molecule has 0 spiro atoms. The lowest BCUT2D eigenvalue weighted by Gasteiger charge is -2.31. The quantitative estimate of drug-likeness (QED) is 0.774. The number of rotatable bonds is 5. The number of furan rings is 1. The highest BCUT2D eigenvalue weighted by Crippen LogP contribution is 2.23. The molecule has 8 nitrogen and oxygen atoms in total. The summed E-state index contributed by atoms with van der Waals surface area (Å²) in [5.74, 6) is 0.834. The van der Waals surface area contributed by atoms with E-state index in [1.54, 1.807) is 32.0 Å². The van der Waals surface area contributed by atoms with E-state index >= 15 is 0 Å². The van der Waals surface area contributed by atoms with Gasteiger partial charge in [-0.15, -0.1) is 0 Å². The number of hydrogen-bond donors (Lipinski definition) is 2. The van der Waals surface area contributed by atoms with Crippen LogP contribution >= 0.6 is 0 Å². The van der Waals surface area contributed by atoms with Crippen molar-refractivity contribution in [2.45, 2.75) is 44.6 Å². The lowest BCUT2D eigenvalue weighted by atomic mass is 10.1. The van der Waals surface area contributed by atoms with E-state index in [9.17, 15) is 18.0 Å². The Bertz CT molecular complexity index is 1000. The summed E-state index contributed by atoms with van der Waals surface area (Å²) in [5.41, 5.74) is 1.06. The van der Waals surface area contributed by atoms with Gasteiger partial charge >= 0.3 is 0 Å². The zero-order chi connectivity index (χ0) is 21.2. The molecule has 1 saturated heterocycles. The second-order valence-corrected chi connectivity index (χ2v) is 9.12. The number of benzene rings is 1. The van der Waals surface area contributed by atoms with Crippen LogP contribution in [0, 0.1) is 13.8 Å². The van der Waals surface area contributed by atoms with Gasteiger partial charge in [-0.05, 0) is 57.0 Å². The van der Waals surface area contributed by atoms with Crippen LogP contribution in [0.4, 0.5) is 5.69 Å². The number of aryl methyl sites for hydroxylation is 2. The van der Waals surface area contributed by atoms with Gasteiger partial charge in [-0.2, -0.15) is 4.31 Å². The Kier molecular flexibility index (Phi) is 6.09. The van der Waals surface area contributed by atoms with Crippen molar-refractivity contribution >= 4 is 27.5 Å². The fourth-order valence-corrected chi connectivity index (χ4v) is 4.89. The Labute approximate surface area is 170 Å². The van der Waals surface area contributed by atoms with Gasteiger partial charge in [0.2, 0.25) is 15.9 Å². The third kappa shape index (κ3) is 4.86. The molecule has 29 heavy (non-hydrogen) atoms. The van der Waals surface area contributed by atoms with Gasteiger partial charge in [0.15, 0.2) is 0 Å². The second-order valence-electron chi connectivity index (χ2n) is 7.18. The number of piperidine rings is 1. The molecule has 0 aliphatic carbocycles. The molecule has 0 unspecified atom stereocenters. The second kappa shape index (κ2) is 8.38. The number of nitrogens with zero attached hydrogens (tertiary/aromatic N) is 1. The van der Waals surface area contributed by atoms with Crippen LogP contribution in [0.25, 0.3) is 0 Å². The Morgan fingerprint density at radius 1 is 1.10 bits per heavy atom. The van der Waals surface area contributed by atoms with E-state index in [4.69, 9.17) is 4.42 Å². The number of sulfonamides is 1. The molecule has 2 N–H and O–H groups in total. The Balaban J connectivity index is 1.60. The first-order valence-corrected chi connectivity index (χ1v) is 10.9. The van der Waals surface area contributed by atoms with E-state index in [-0.39, 0.29) is 22.8 Å². The summed E-state index contributed by atoms with van der Waals surface area (Å²) in [6.07, 6.45) is 1.07. The largest absolute Gasteiger partial charge is 0.466 e. The molecule has 1 aliphatic rings. The molecule has 1 aromatic carbocycles. The van der Waals surface area contributed by atoms with Crippen LogP contribution in [0.15, 0.2) is 39.6 Å². The number of nitrogens with one attached hydrogen (secondary N) is 2. The standard InChI is InChI=1S/C20H25N3O5S/c1-13-12-19(14(2)28-13)20(25)22-17-8-10-23(11-9-17)29(26,27)18-6-4-16(5-7-18)21-15(3)24/h4-7,12,17H,8-11H2,1-3H3,(H,21,24)(H,22,25). The van der Waals surface area contributed by atoms with Crippen molar-refractivity contribution in [2.75, 3.05) is 18.4 Å². The average molecular weight is 420 g/mol. The summed E-state index contributed by atoms with van der Waals surface area (Å²) in [5, 5.41) is 5.58. The molecule has 3 rings (SSSR count). The fraction of sp³-hybridized carbons (Fsp3) is 0.400. The summed E-state index contributed by atoms with van der Waals surface area (Å²) in [4.78, 5) is 23.7. The maximum atomic E-state index is 12.9. The molecule has 0 radical (unpaired) electrons. The van der Waals surface area contributed by atoms with Crippen LogP contribution in [0.5, 0.6) is 0 Å². The van der Waals surface area contributed by atoms with Gasteiger partial charge in [0.1, 0.15) is 11.5 Å². The smallest absolute Gasteiger partial charge is 0.255 e. The molecule has 1 aliphatic heterocycles. The highest BCUT2D eigenvalue weighted by Gasteiger charge is 2.30. The summed E-state index contributed by atoms with van der Waals surface area (Å²) < 4.78 is 32.5. The van der Waals surface area contributed by atoms with Crippen molar-refractivity contribution in [3.05, 3.63) is 47.4 Å².